The van der Waals surface area contributed by atoms with Gasteiger partial charge in [0.15, 0.2) is 0 Å². The summed E-state index contributed by atoms with van der Waals surface area (Å²) in [5.74, 6) is 0. The van der Waals surface area contributed by atoms with Gasteiger partial charge in [0.2, 0.25) is 5.52 Å². The maximum atomic E-state index is 2.42. The number of rotatable bonds is 4. The van der Waals surface area contributed by atoms with Crippen molar-refractivity contribution in [1.82, 2.24) is 0 Å². The van der Waals surface area contributed by atoms with Gasteiger partial charge >= 0.3 is 0 Å². The maximum Gasteiger partial charge on any atom is 0.262 e. The van der Waals surface area contributed by atoms with Crippen molar-refractivity contribution in [3.63, 3.8) is 0 Å². The molecule has 0 spiro atoms. The molecule has 3 heterocycles. The van der Waals surface area contributed by atoms with Crippen LogP contribution in [0.4, 0.5) is 5.69 Å². The van der Waals surface area contributed by atoms with Crippen LogP contribution in [0.5, 0.6) is 0 Å². The number of benzene rings is 2. The van der Waals surface area contributed by atoms with E-state index in [9.17, 15) is 0 Å². The lowest BCUT2D eigenvalue weighted by Gasteiger charge is -2.17. The summed E-state index contributed by atoms with van der Waals surface area (Å²) in [6.07, 6.45) is 6.72. The minimum Gasteiger partial charge on any atom is -0.335 e. The number of nitrogens with zero attached hydrogens (tertiary/aromatic N) is 2. The minimum atomic E-state index is 0.979. The van der Waals surface area contributed by atoms with E-state index in [0.717, 1.165) is 13.1 Å². The molecule has 0 bridgehead atoms. The molecular formula is C23H21N2S3+. The van der Waals surface area contributed by atoms with Gasteiger partial charge in [0.25, 0.3) is 5.01 Å². The molecule has 0 saturated carbocycles. The summed E-state index contributed by atoms with van der Waals surface area (Å²) in [6, 6.07) is 15.4. The van der Waals surface area contributed by atoms with E-state index in [1.165, 1.54) is 40.9 Å². The highest BCUT2D eigenvalue weighted by atomic mass is 32.2. The number of anilines is 1. The summed E-state index contributed by atoms with van der Waals surface area (Å²) < 4.78 is 5.10. The van der Waals surface area contributed by atoms with E-state index in [2.05, 4.69) is 89.4 Å². The van der Waals surface area contributed by atoms with Crippen LogP contribution in [0.15, 0.2) is 69.9 Å². The zero-order chi connectivity index (χ0) is 19.1. The van der Waals surface area contributed by atoms with Crippen LogP contribution in [0.2, 0.25) is 0 Å². The first-order valence-corrected chi connectivity index (χ1v) is 12.1. The molecular weight excluding hydrogens is 400 g/mol. The van der Waals surface area contributed by atoms with Crippen molar-refractivity contribution < 1.29 is 4.57 Å². The molecule has 0 N–H and O–H groups in total. The Labute approximate surface area is 177 Å². The average Bonchev–Trinajstić information content (AvgIpc) is 3.41. The van der Waals surface area contributed by atoms with Crippen LogP contribution < -0.4 is 9.47 Å². The van der Waals surface area contributed by atoms with Crippen molar-refractivity contribution in [2.75, 3.05) is 11.4 Å². The fourth-order valence-electron chi connectivity index (χ4n) is 3.77. The molecule has 2 aromatic heterocycles. The van der Waals surface area contributed by atoms with Crippen molar-refractivity contribution in [3.8, 4) is 0 Å². The molecule has 0 saturated heterocycles. The zero-order valence-electron chi connectivity index (χ0n) is 15.9. The number of para-hydroxylation sites is 1. The summed E-state index contributed by atoms with van der Waals surface area (Å²) >= 11 is 5.57. The Balaban J connectivity index is 1.50. The normalized spacial score (nSPS) is 15.5. The number of hydrogen-bond donors (Lipinski definition) is 0. The van der Waals surface area contributed by atoms with E-state index in [1.807, 2.05) is 34.4 Å². The Morgan fingerprint density at radius 1 is 1.04 bits per heavy atom. The number of thiophene rings is 1. The molecule has 0 atom stereocenters. The van der Waals surface area contributed by atoms with E-state index in [0.29, 0.717) is 0 Å². The van der Waals surface area contributed by atoms with E-state index in [1.54, 1.807) is 0 Å². The number of aryl methyl sites for hydroxylation is 1. The molecule has 0 fully saturated rings. The first-order valence-electron chi connectivity index (χ1n) is 9.55. The molecule has 5 rings (SSSR count). The fourth-order valence-corrected chi connectivity index (χ4v) is 7.03. The number of thiazole rings is 1. The van der Waals surface area contributed by atoms with Gasteiger partial charge in [-0.2, -0.15) is 4.57 Å². The lowest BCUT2D eigenvalue weighted by atomic mass is 10.2. The van der Waals surface area contributed by atoms with Gasteiger partial charge in [0.1, 0.15) is 11.2 Å². The molecule has 140 valence electrons. The van der Waals surface area contributed by atoms with Crippen molar-refractivity contribution in [3.05, 3.63) is 70.0 Å². The summed E-state index contributed by atoms with van der Waals surface area (Å²) in [4.78, 5) is 3.81. The molecule has 4 aromatic rings. The molecule has 28 heavy (non-hydrogen) atoms. The third kappa shape index (κ3) is 2.89. The number of hydrogen-bond acceptors (Lipinski definition) is 4. The van der Waals surface area contributed by atoms with E-state index in [-0.39, 0.29) is 0 Å². The van der Waals surface area contributed by atoms with Crippen molar-refractivity contribution in [2.45, 2.75) is 25.3 Å². The van der Waals surface area contributed by atoms with E-state index < -0.39 is 0 Å². The highest BCUT2D eigenvalue weighted by Gasteiger charge is 2.25. The molecule has 1 aliphatic heterocycles. The predicted molar refractivity (Wildman–Crippen MR) is 126 cm³/mol. The van der Waals surface area contributed by atoms with Crippen LogP contribution in [0.1, 0.15) is 18.9 Å². The predicted octanol–water partition coefficient (Wildman–Crippen LogP) is 6.91. The molecule has 0 amide bonds. The SMILES string of the molecule is CCN1C(=CC=Cc2sc3ccccc3[n+]2CC)Sc2c1ccc1sccc21. The minimum absolute atomic E-state index is 0.979. The lowest BCUT2D eigenvalue weighted by Crippen LogP contribution is -2.33. The van der Waals surface area contributed by atoms with E-state index >= 15 is 0 Å². The smallest absolute Gasteiger partial charge is 0.262 e. The third-order valence-electron chi connectivity index (χ3n) is 5.08. The van der Waals surface area contributed by atoms with Gasteiger partial charge in [-0.25, -0.2) is 0 Å². The van der Waals surface area contributed by atoms with Crippen molar-refractivity contribution >= 4 is 66.5 Å². The van der Waals surface area contributed by atoms with Crippen molar-refractivity contribution in [2.24, 2.45) is 0 Å². The van der Waals surface area contributed by atoms with Crippen LogP contribution in [0.3, 0.4) is 0 Å². The molecule has 2 aromatic carbocycles. The van der Waals surface area contributed by atoms with Crippen LogP contribution in [0.25, 0.3) is 26.4 Å². The maximum absolute atomic E-state index is 2.42. The topological polar surface area (TPSA) is 7.12 Å². The fraction of sp³-hybridized carbons (Fsp3) is 0.174. The lowest BCUT2D eigenvalue weighted by molar-refractivity contribution is -0.665. The highest BCUT2D eigenvalue weighted by Crippen LogP contribution is 2.50. The molecule has 2 nitrogen and oxygen atoms in total. The first-order chi connectivity index (χ1) is 13.8. The summed E-state index contributed by atoms with van der Waals surface area (Å²) in [7, 11) is 0. The van der Waals surface area contributed by atoms with Gasteiger partial charge in [0, 0.05) is 33.7 Å². The molecule has 0 unspecified atom stereocenters. The Morgan fingerprint density at radius 3 is 2.79 bits per heavy atom. The zero-order valence-corrected chi connectivity index (χ0v) is 18.3. The number of thioether (sulfide) groups is 1. The van der Waals surface area contributed by atoms with Gasteiger partial charge in [-0.05, 0) is 49.6 Å². The van der Waals surface area contributed by atoms with Crippen molar-refractivity contribution in [1.29, 1.82) is 0 Å². The highest BCUT2D eigenvalue weighted by molar-refractivity contribution is 8.04. The number of fused-ring (bicyclic) bond motifs is 4. The number of aromatic nitrogens is 1. The van der Waals surface area contributed by atoms with Gasteiger partial charge < -0.3 is 4.90 Å². The third-order valence-corrected chi connectivity index (χ3v) is 8.29. The second kappa shape index (κ2) is 7.39. The van der Waals surface area contributed by atoms with E-state index in [4.69, 9.17) is 0 Å². The Hall–Kier alpha value is -2.08. The standard InChI is InChI=1S/C23H21N2S3/c1-3-24-17-8-5-6-9-20(17)27-21(24)10-7-11-22-25(4-2)18-12-13-19-16(14-15-26-19)23(18)28-22/h5-15H,3-4H2,1-2H3/q+1. The Bertz CT molecular complexity index is 1230. The largest absolute Gasteiger partial charge is 0.335 e. The van der Waals surface area contributed by atoms with Crippen LogP contribution in [-0.2, 0) is 6.54 Å². The first kappa shape index (κ1) is 18.0. The molecule has 0 radical (unpaired) electrons. The summed E-state index contributed by atoms with van der Waals surface area (Å²) in [6.45, 7) is 6.40. The summed E-state index contributed by atoms with van der Waals surface area (Å²) in [5.41, 5.74) is 2.66. The Morgan fingerprint density at radius 2 is 1.93 bits per heavy atom. The molecule has 1 aliphatic rings. The average molecular weight is 422 g/mol. The van der Waals surface area contributed by atoms with Crippen LogP contribution in [-0.4, -0.2) is 6.54 Å². The summed E-state index contributed by atoms with van der Waals surface area (Å²) in [5, 5.41) is 6.17. The molecule has 0 aliphatic carbocycles. The van der Waals surface area contributed by atoms with Crippen LogP contribution in [0, 0.1) is 0 Å². The van der Waals surface area contributed by atoms with Gasteiger partial charge in [-0.1, -0.05) is 41.3 Å². The van der Waals surface area contributed by atoms with Gasteiger partial charge in [0.05, 0.1) is 10.7 Å². The second-order valence-corrected chi connectivity index (χ2v) is 9.65. The van der Waals surface area contributed by atoms with Crippen LogP contribution >= 0.6 is 34.4 Å². The Kier molecular flexibility index (Phi) is 4.75. The second-order valence-electron chi connectivity index (χ2n) is 6.61. The van der Waals surface area contributed by atoms with Gasteiger partial charge in [-0.15, -0.1) is 11.3 Å². The quantitative estimate of drug-likeness (QED) is 0.331. The molecule has 5 heteroatoms. The monoisotopic (exact) mass is 421 g/mol. The van der Waals surface area contributed by atoms with Gasteiger partial charge in [-0.3, -0.25) is 0 Å². The number of allylic oxidation sites excluding steroid dienone is 2.